The Labute approximate surface area is 473 Å². The van der Waals surface area contributed by atoms with E-state index in [1.807, 2.05) is 6.08 Å². The van der Waals surface area contributed by atoms with Gasteiger partial charge in [-0.25, -0.2) is 0 Å². The molecule has 1 fully saturated rings. The van der Waals surface area contributed by atoms with E-state index in [1.165, 1.54) is 205 Å². The number of amides is 1. The molecule has 1 aliphatic heterocycles. The summed E-state index contributed by atoms with van der Waals surface area (Å²) in [6.07, 6.45) is 54.9. The van der Waals surface area contributed by atoms with Crippen LogP contribution >= 0.6 is 0 Å². The Bertz CT molecular complexity index is 1390. The smallest absolute Gasteiger partial charge is 0.306 e. The lowest BCUT2D eigenvalue weighted by atomic mass is 9.99. The minimum atomic E-state index is -1.61. The van der Waals surface area contributed by atoms with Gasteiger partial charge in [0.05, 0.1) is 25.4 Å². The average molecular weight is 1090 g/mol. The highest BCUT2D eigenvalue weighted by Crippen LogP contribution is 2.26. The number of carbonyl (C=O) groups is 2. The number of carbonyl (C=O) groups excluding carboxylic acids is 2. The number of hydrogen-bond donors (Lipinski definition) is 6. The van der Waals surface area contributed by atoms with E-state index in [0.717, 1.165) is 57.8 Å². The topological polar surface area (TPSA) is 175 Å². The molecule has 0 aromatic heterocycles. The van der Waals surface area contributed by atoms with Crippen LogP contribution in [0.4, 0.5) is 0 Å². The fourth-order valence-corrected chi connectivity index (χ4v) is 10.3. The van der Waals surface area contributed by atoms with Gasteiger partial charge in [0.25, 0.3) is 0 Å². The van der Waals surface area contributed by atoms with Gasteiger partial charge in [-0.2, -0.15) is 0 Å². The number of ether oxygens (including phenoxy) is 3. The minimum absolute atomic E-state index is 0.125. The number of nitrogens with one attached hydrogen (secondary N) is 1. The molecule has 8 unspecified atom stereocenters. The third-order valence-corrected chi connectivity index (χ3v) is 15.5. The minimum Gasteiger partial charge on any atom is -0.454 e. The van der Waals surface area contributed by atoms with Crippen LogP contribution in [-0.4, -0.2) is 99.6 Å². The van der Waals surface area contributed by atoms with E-state index in [0.29, 0.717) is 12.8 Å². The summed E-state index contributed by atoms with van der Waals surface area (Å²) in [5, 5.41) is 56.9. The van der Waals surface area contributed by atoms with E-state index in [4.69, 9.17) is 14.2 Å². The van der Waals surface area contributed by atoms with Crippen molar-refractivity contribution in [1.82, 2.24) is 5.32 Å². The largest absolute Gasteiger partial charge is 0.454 e. The number of aliphatic hydroxyl groups is 5. The van der Waals surface area contributed by atoms with Crippen LogP contribution in [0.1, 0.15) is 310 Å². The quantitative estimate of drug-likeness (QED) is 0.0195. The Kier molecular flexibility index (Phi) is 51.6. The van der Waals surface area contributed by atoms with E-state index in [9.17, 15) is 35.1 Å². The van der Waals surface area contributed by atoms with Gasteiger partial charge in [-0.15, -0.1) is 0 Å². The summed E-state index contributed by atoms with van der Waals surface area (Å²) in [6, 6.07) is -1.03. The second-order valence-corrected chi connectivity index (χ2v) is 22.8. The Morgan fingerprint density at radius 2 is 0.857 bits per heavy atom. The van der Waals surface area contributed by atoms with Gasteiger partial charge in [-0.05, 0) is 77.0 Å². The molecular weight excluding hydrogens is 967 g/mol. The second-order valence-electron chi connectivity index (χ2n) is 22.8. The Morgan fingerprint density at radius 1 is 0.494 bits per heavy atom. The molecule has 1 amide bonds. The van der Waals surface area contributed by atoms with Crippen molar-refractivity contribution in [1.29, 1.82) is 0 Å². The Balaban J connectivity index is 2.55. The summed E-state index contributed by atoms with van der Waals surface area (Å²) in [5.41, 5.74) is 0. The molecule has 0 bridgehead atoms. The molecule has 0 radical (unpaired) electrons. The summed E-state index contributed by atoms with van der Waals surface area (Å²) in [5.74, 6) is -1.20. The summed E-state index contributed by atoms with van der Waals surface area (Å²) in [6.45, 7) is 5.78. The molecule has 1 aliphatic rings. The summed E-state index contributed by atoms with van der Waals surface area (Å²) >= 11 is 0. The normalized spacial score (nSPS) is 19.2. The number of esters is 1. The van der Waals surface area contributed by atoms with Crippen LogP contribution in [0.3, 0.4) is 0 Å². The van der Waals surface area contributed by atoms with Crippen molar-refractivity contribution in [2.75, 3.05) is 13.2 Å². The zero-order valence-corrected chi connectivity index (χ0v) is 50.1. The molecule has 8 atom stereocenters. The lowest BCUT2D eigenvalue weighted by Crippen LogP contribution is -2.61. The van der Waals surface area contributed by atoms with Gasteiger partial charge in [-0.3, -0.25) is 9.59 Å². The zero-order valence-electron chi connectivity index (χ0n) is 50.1. The van der Waals surface area contributed by atoms with Crippen molar-refractivity contribution in [3.63, 3.8) is 0 Å². The van der Waals surface area contributed by atoms with Crippen LogP contribution < -0.4 is 5.32 Å². The SMILES string of the molecule is CCCCCCCC/C=C\CCCCC(O)C(=O)NC(COC1OC(CO)C(O)C(O)C1OC(=O)CCCCCCCCCCCCCCCCC/C=C/CCCCCCCC)C(O)/C=C/CCCCCCCCCCC. The van der Waals surface area contributed by atoms with Gasteiger partial charge in [0.2, 0.25) is 5.91 Å². The molecule has 1 rings (SSSR count). The molecule has 452 valence electrons. The highest BCUT2D eigenvalue weighted by molar-refractivity contribution is 5.80. The summed E-state index contributed by atoms with van der Waals surface area (Å²) < 4.78 is 17.6. The van der Waals surface area contributed by atoms with Gasteiger partial charge < -0.3 is 45.1 Å². The van der Waals surface area contributed by atoms with Gasteiger partial charge in [0.15, 0.2) is 12.4 Å². The number of allylic oxidation sites excluding steroid dienone is 5. The Morgan fingerprint density at radius 3 is 1.26 bits per heavy atom. The van der Waals surface area contributed by atoms with E-state index >= 15 is 0 Å². The van der Waals surface area contributed by atoms with E-state index in [-0.39, 0.29) is 19.4 Å². The lowest BCUT2D eigenvalue weighted by molar-refractivity contribution is -0.305. The maximum Gasteiger partial charge on any atom is 0.306 e. The fraction of sp³-hybridized carbons (Fsp3) is 0.879. The molecule has 1 saturated heterocycles. The molecule has 6 N–H and O–H groups in total. The van der Waals surface area contributed by atoms with E-state index in [1.54, 1.807) is 6.08 Å². The number of aliphatic hydroxyl groups excluding tert-OH is 5. The monoisotopic (exact) mass is 1090 g/mol. The molecular formula is C66H123NO10. The van der Waals surface area contributed by atoms with Crippen LogP contribution in [0.5, 0.6) is 0 Å². The Hall–Kier alpha value is -2.12. The predicted octanol–water partition coefficient (Wildman–Crippen LogP) is 15.8. The third-order valence-electron chi connectivity index (χ3n) is 15.5. The van der Waals surface area contributed by atoms with Crippen LogP contribution in [0.15, 0.2) is 36.5 Å². The van der Waals surface area contributed by atoms with Gasteiger partial charge in [-0.1, -0.05) is 263 Å². The van der Waals surface area contributed by atoms with Crippen LogP contribution in [0.2, 0.25) is 0 Å². The molecule has 0 saturated carbocycles. The maximum absolute atomic E-state index is 13.4. The molecule has 0 aromatic carbocycles. The van der Waals surface area contributed by atoms with Crippen molar-refractivity contribution in [3.8, 4) is 0 Å². The molecule has 0 aromatic rings. The first-order valence-corrected chi connectivity index (χ1v) is 32.8. The third kappa shape index (κ3) is 42.4. The molecule has 77 heavy (non-hydrogen) atoms. The first kappa shape index (κ1) is 72.9. The summed E-state index contributed by atoms with van der Waals surface area (Å²) in [4.78, 5) is 26.5. The first-order chi connectivity index (χ1) is 37.7. The van der Waals surface area contributed by atoms with Crippen molar-refractivity contribution in [2.45, 2.75) is 359 Å². The standard InChI is InChI=1S/C66H123NO10/c1-4-7-10-13-16-19-22-24-25-26-27-28-29-30-31-32-33-34-35-36-39-42-45-48-51-54-61(71)77-64-63(73)62(72)60(55-68)76-66(64)75-56-57(58(69)52-49-46-43-40-37-21-18-15-12-9-6-3)67-65(74)59(70)53-50-47-44-41-38-23-20-17-14-11-8-5-2/h24-25,38,41,49,52,57-60,62-64,66,68-70,72-73H,4-23,26-37,39-40,42-48,50-51,53-56H2,1-3H3,(H,67,74)/b25-24+,41-38-,52-49+. The van der Waals surface area contributed by atoms with Crippen LogP contribution in [0.25, 0.3) is 0 Å². The van der Waals surface area contributed by atoms with Gasteiger partial charge in [0.1, 0.15) is 24.4 Å². The average Bonchev–Trinajstić information content (AvgIpc) is 3.43. The van der Waals surface area contributed by atoms with Crippen molar-refractivity contribution < 1.29 is 49.3 Å². The first-order valence-electron chi connectivity index (χ1n) is 32.8. The zero-order chi connectivity index (χ0) is 56.1. The van der Waals surface area contributed by atoms with Crippen molar-refractivity contribution in [3.05, 3.63) is 36.5 Å². The van der Waals surface area contributed by atoms with E-state index < -0.39 is 67.4 Å². The van der Waals surface area contributed by atoms with Crippen LogP contribution in [0, 0.1) is 0 Å². The van der Waals surface area contributed by atoms with Crippen LogP contribution in [-0.2, 0) is 23.8 Å². The van der Waals surface area contributed by atoms with Gasteiger partial charge in [0, 0.05) is 6.42 Å². The summed E-state index contributed by atoms with van der Waals surface area (Å²) in [7, 11) is 0. The maximum atomic E-state index is 13.4. The molecule has 11 nitrogen and oxygen atoms in total. The predicted molar refractivity (Wildman–Crippen MR) is 320 cm³/mol. The van der Waals surface area contributed by atoms with E-state index in [2.05, 4.69) is 50.4 Å². The number of hydrogen-bond acceptors (Lipinski definition) is 10. The fourth-order valence-electron chi connectivity index (χ4n) is 10.3. The van der Waals surface area contributed by atoms with Crippen molar-refractivity contribution in [2.24, 2.45) is 0 Å². The highest BCUT2D eigenvalue weighted by Gasteiger charge is 2.47. The number of unbranched alkanes of at least 4 members (excludes halogenated alkanes) is 38. The highest BCUT2D eigenvalue weighted by atomic mass is 16.7. The molecule has 11 heteroatoms. The van der Waals surface area contributed by atoms with Crippen molar-refractivity contribution >= 4 is 11.9 Å². The lowest BCUT2D eigenvalue weighted by Gasteiger charge is -2.41. The second kappa shape index (κ2) is 54.5. The molecule has 1 heterocycles. The van der Waals surface area contributed by atoms with Gasteiger partial charge >= 0.3 is 5.97 Å². The molecule has 0 aliphatic carbocycles. The molecule has 0 spiro atoms. The number of rotatable bonds is 56.